The first kappa shape index (κ1) is 24.8. The number of rotatable bonds is 2. The lowest BCUT2D eigenvalue weighted by molar-refractivity contribution is -0.315. The van der Waals surface area contributed by atoms with Crippen LogP contribution in [0.4, 0.5) is 0 Å². The van der Waals surface area contributed by atoms with E-state index in [0.717, 1.165) is 5.56 Å². The molecule has 3 fully saturated rings. The fourth-order valence-electron chi connectivity index (χ4n) is 8.40. The molecule has 6 nitrogen and oxygen atoms in total. The third-order valence-corrected chi connectivity index (χ3v) is 10.7. The molecule has 1 saturated heterocycles. The molecule has 0 spiro atoms. The number of aliphatic hydroxyl groups excluding tert-OH is 3. The average Bonchev–Trinajstić information content (AvgIpc) is 2.78. The van der Waals surface area contributed by atoms with Crippen LogP contribution in [0.5, 0.6) is 0 Å². The Bertz CT molecular complexity index is 996. The Hall–Kier alpha value is -0.850. The molecule has 3 unspecified atom stereocenters. The van der Waals surface area contributed by atoms with Gasteiger partial charge in [0, 0.05) is 44.5 Å². The van der Waals surface area contributed by atoms with Crippen LogP contribution < -0.4 is 0 Å². The third kappa shape index (κ3) is 2.88. The van der Waals surface area contributed by atoms with E-state index >= 15 is 0 Å². The first-order valence-corrected chi connectivity index (χ1v) is 12.8. The van der Waals surface area contributed by atoms with E-state index in [4.69, 9.17) is 9.26 Å². The maximum atomic E-state index is 12.8. The van der Waals surface area contributed by atoms with E-state index in [9.17, 15) is 20.4 Å². The van der Waals surface area contributed by atoms with Crippen molar-refractivity contribution >= 4 is 9.47 Å². The van der Waals surface area contributed by atoms with Gasteiger partial charge < -0.3 is 29.7 Å². The normalized spacial score (nSPS) is 49.9. The minimum absolute atomic E-state index is 0.0805. The van der Waals surface area contributed by atoms with Crippen molar-refractivity contribution in [1.29, 1.82) is 0 Å². The fraction of sp³-hybridized carbons (Fsp3) is 0.704. The van der Waals surface area contributed by atoms with E-state index in [0.29, 0.717) is 24.2 Å². The Labute approximate surface area is 204 Å². The first-order chi connectivity index (χ1) is 15.9. The molecule has 188 valence electrons. The van der Waals surface area contributed by atoms with E-state index in [-0.39, 0.29) is 23.9 Å². The van der Waals surface area contributed by atoms with Crippen LogP contribution in [0.15, 0.2) is 41.5 Å². The summed E-state index contributed by atoms with van der Waals surface area (Å²) >= 11 is 0. The smallest absolute Gasteiger partial charge is 0.102 e. The summed E-state index contributed by atoms with van der Waals surface area (Å²) < 4.78 is 12.0. The van der Waals surface area contributed by atoms with Gasteiger partial charge >= 0.3 is 0 Å². The van der Waals surface area contributed by atoms with Crippen molar-refractivity contribution in [2.45, 2.75) is 89.5 Å². The minimum Gasteiger partial charge on any atom is -0.389 e. The summed E-state index contributed by atoms with van der Waals surface area (Å²) in [5.41, 5.74) is -1.41. The Balaban J connectivity index is 1.88. The molecule has 2 bridgehead atoms. The number of benzene rings is 1. The van der Waals surface area contributed by atoms with Gasteiger partial charge in [0.15, 0.2) is 0 Å². The van der Waals surface area contributed by atoms with Gasteiger partial charge in [-0.25, -0.2) is 0 Å². The minimum atomic E-state index is -1.39. The van der Waals surface area contributed by atoms with Crippen molar-refractivity contribution in [3.63, 3.8) is 0 Å². The summed E-state index contributed by atoms with van der Waals surface area (Å²) in [6, 6.07) is 9.96. The molecule has 1 aromatic rings. The van der Waals surface area contributed by atoms with Crippen LogP contribution in [0.3, 0.4) is 0 Å². The highest BCUT2D eigenvalue weighted by atomic mass is 31.0. The highest BCUT2D eigenvalue weighted by molar-refractivity contribution is 7.09. The number of aliphatic hydroxyl groups is 4. The molecule has 7 heteroatoms. The lowest BCUT2D eigenvalue weighted by atomic mass is 9.39. The molecule has 4 N–H and O–H groups in total. The molecule has 4 aliphatic rings. The Morgan fingerprint density at radius 1 is 1.06 bits per heavy atom. The largest absolute Gasteiger partial charge is 0.389 e. The standard InChI is InChI=1S/C27H39O6P/c1-14-16(28)12-27(31)20(15-9-7-6-8-10-15)22-25(4)13-32-17(25)11-18(33-34)26(22,5)23(30)21(29)19(14)24(27,2)3/h6-10,16-18,20-23,28-31H,11-13,34H2,1-5H3/t16-,17+,18-,20?,21+,22?,23-,25+,26+,27+/m0/s1. The molecule has 0 aromatic heterocycles. The van der Waals surface area contributed by atoms with Crippen LogP contribution in [-0.2, 0) is 9.26 Å². The van der Waals surface area contributed by atoms with E-state index in [1.165, 1.54) is 0 Å². The van der Waals surface area contributed by atoms with Crippen LogP contribution in [0.25, 0.3) is 0 Å². The van der Waals surface area contributed by atoms with Gasteiger partial charge in [-0.3, -0.25) is 0 Å². The number of ether oxygens (including phenoxy) is 1. The Morgan fingerprint density at radius 2 is 1.71 bits per heavy atom. The van der Waals surface area contributed by atoms with Gasteiger partial charge in [-0.1, -0.05) is 58.0 Å². The van der Waals surface area contributed by atoms with Crippen molar-refractivity contribution < 1.29 is 29.7 Å². The van der Waals surface area contributed by atoms with Gasteiger partial charge in [0.2, 0.25) is 0 Å². The molecule has 34 heavy (non-hydrogen) atoms. The third-order valence-electron chi connectivity index (χ3n) is 10.4. The van der Waals surface area contributed by atoms with Crippen molar-refractivity contribution in [2.24, 2.45) is 22.2 Å². The summed E-state index contributed by atoms with van der Waals surface area (Å²) in [6.45, 7) is 10.4. The number of fused-ring (bicyclic) bond motifs is 5. The van der Waals surface area contributed by atoms with E-state index in [1.807, 2.05) is 51.1 Å². The number of hydrogen-bond donors (Lipinski definition) is 4. The van der Waals surface area contributed by atoms with E-state index < -0.39 is 46.8 Å². The van der Waals surface area contributed by atoms with Crippen molar-refractivity contribution in [1.82, 2.24) is 0 Å². The Kier molecular flexibility index (Phi) is 5.71. The predicted molar refractivity (Wildman–Crippen MR) is 132 cm³/mol. The maximum Gasteiger partial charge on any atom is 0.102 e. The van der Waals surface area contributed by atoms with Crippen LogP contribution >= 0.6 is 9.47 Å². The number of hydrogen-bond acceptors (Lipinski definition) is 6. The SMILES string of the molecule is CC1=C2[C@@H](O)[C@H](O)[C@@]3(C)C(C(c4ccccc4)[C@](O)(C[C@@H]1O)C2(C)C)[C@]1(C)CO[C@@H]1C[C@@H]3OP. The summed E-state index contributed by atoms with van der Waals surface area (Å²) in [7, 11) is 2.35. The summed E-state index contributed by atoms with van der Waals surface area (Å²) in [5.74, 6) is -0.727. The lowest BCUT2D eigenvalue weighted by Crippen LogP contribution is -2.75. The highest BCUT2D eigenvalue weighted by Gasteiger charge is 2.73. The molecular weight excluding hydrogens is 451 g/mol. The van der Waals surface area contributed by atoms with Gasteiger partial charge in [0.1, 0.15) is 6.10 Å². The molecule has 2 saturated carbocycles. The highest BCUT2D eigenvalue weighted by Crippen LogP contribution is 2.70. The Morgan fingerprint density at radius 3 is 2.26 bits per heavy atom. The van der Waals surface area contributed by atoms with Crippen LogP contribution in [-0.4, -0.2) is 63.2 Å². The van der Waals surface area contributed by atoms with Crippen molar-refractivity contribution in [3.8, 4) is 0 Å². The first-order valence-electron chi connectivity index (χ1n) is 12.4. The van der Waals surface area contributed by atoms with Gasteiger partial charge in [-0.2, -0.15) is 0 Å². The van der Waals surface area contributed by atoms with Crippen molar-refractivity contribution in [3.05, 3.63) is 47.0 Å². The van der Waals surface area contributed by atoms with Crippen LogP contribution in [0, 0.1) is 22.2 Å². The van der Waals surface area contributed by atoms with Gasteiger partial charge in [-0.15, -0.1) is 0 Å². The molecule has 1 aromatic carbocycles. The molecule has 11 atom stereocenters. The van der Waals surface area contributed by atoms with E-state index in [1.54, 1.807) is 6.92 Å². The topological polar surface area (TPSA) is 99.4 Å². The van der Waals surface area contributed by atoms with E-state index in [2.05, 4.69) is 16.4 Å². The average molecular weight is 491 g/mol. The maximum absolute atomic E-state index is 12.8. The van der Waals surface area contributed by atoms with Gasteiger partial charge in [-0.05, 0) is 29.6 Å². The molecule has 1 heterocycles. The zero-order valence-electron chi connectivity index (χ0n) is 20.7. The van der Waals surface area contributed by atoms with Gasteiger partial charge in [0.25, 0.3) is 0 Å². The van der Waals surface area contributed by atoms with Crippen molar-refractivity contribution in [2.75, 3.05) is 6.61 Å². The zero-order valence-corrected chi connectivity index (χ0v) is 21.9. The van der Waals surface area contributed by atoms with Crippen LogP contribution in [0.1, 0.15) is 58.9 Å². The van der Waals surface area contributed by atoms with Crippen LogP contribution in [0.2, 0.25) is 0 Å². The second-order valence-corrected chi connectivity index (χ2v) is 12.4. The second-order valence-electron chi connectivity index (χ2n) is 12.2. The van der Waals surface area contributed by atoms with Gasteiger partial charge in [0.05, 0.1) is 36.6 Å². The zero-order chi connectivity index (χ0) is 24.8. The lowest BCUT2D eigenvalue weighted by Gasteiger charge is -2.70. The molecule has 3 aliphatic carbocycles. The molecule has 0 amide bonds. The predicted octanol–water partition coefficient (Wildman–Crippen LogP) is 2.95. The second kappa shape index (κ2) is 7.82. The summed E-state index contributed by atoms with van der Waals surface area (Å²) in [5, 5.41) is 47.7. The molecule has 0 radical (unpaired) electrons. The molecule has 1 aliphatic heterocycles. The quantitative estimate of drug-likeness (QED) is 0.376. The monoisotopic (exact) mass is 490 g/mol. The molecule has 5 rings (SSSR count). The summed E-state index contributed by atoms with van der Waals surface area (Å²) in [6.07, 6.45) is -3.06. The fourth-order valence-corrected chi connectivity index (χ4v) is 8.80. The summed E-state index contributed by atoms with van der Waals surface area (Å²) in [4.78, 5) is 0. The molecular formula is C27H39O6P.